The molecule has 1 aliphatic carbocycles. The summed E-state index contributed by atoms with van der Waals surface area (Å²) < 4.78 is 19.0. The zero-order chi connectivity index (χ0) is 27.9. The third kappa shape index (κ3) is 4.71. The van der Waals surface area contributed by atoms with Gasteiger partial charge < -0.3 is 30.3 Å². The standard InChI is InChI=1S/C26H26FN5O7/c1-28-23(35)29-18-6-7-20-16(10-18)8-9-26(20)22(34)32(25(38)39-26)14-21(33)31(19-12-30(13-19)24(36)37)11-15-2-4-17(27)5-3-15/h2-7,10,19H,8-9,11-14H2,1H3,(H,36,37)(H2,28,29,35)/t26-/m0/s1. The zero-order valence-corrected chi connectivity index (χ0v) is 21.0. The third-order valence-corrected chi connectivity index (χ3v) is 7.30. The lowest BCUT2D eigenvalue weighted by Crippen LogP contribution is -2.62. The number of benzene rings is 2. The number of carbonyl (C=O) groups excluding carboxylic acids is 4. The molecular formula is C26H26FN5O7. The average molecular weight is 540 g/mol. The first-order valence-electron chi connectivity index (χ1n) is 12.3. The predicted molar refractivity (Wildman–Crippen MR) is 133 cm³/mol. The van der Waals surface area contributed by atoms with E-state index in [4.69, 9.17) is 4.74 Å². The van der Waals surface area contributed by atoms with Gasteiger partial charge >= 0.3 is 18.2 Å². The van der Waals surface area contributed by atoms with E-state index in [0.29, 0.717) is 23.2 Å². The Morgan fingerprint density at radius 1 is 1.15 bits per heavy atom. The van der Waals surface area contributed by atoms with Crippen molar-refractivity contribution in [3.8, 4) is 0 Å². The Labute approximate surface area is 222 Å². The number of ether oxygens (including phenoxy) is 1. The lowest BCUT2D eigenvalue weighted by Gasteiger charge is -2.44. The lowest BCUT2D eigenvalue weighted by atomic mass is 9.94. The van der Waals surface area contributed by atoms with Crippen molar-refractivity contribution < 1.29 is 38.2 Å². The Kier molecular flexibility index (Phi) is 6.58. The van der Waals surface area contributed by atoms with E-state index >= 15 is 0 Å². The quantitative estimate of drug-likeness (QED) is 0.509. The predicted octanol–water partition coefficient (Wildman–Crippen LogP) is 2.09. The summed E-state index contributed by atoms with van der Waals surface area (Å²) in [5, 5.41) is 14.3. The van der Waals surface area contributed by atoms with Crippen LogP contribution in [0.2, 0.25) is 0 Å². The SMILES string of the molecule is CNC(=O)Nc1ccc2c(c1)CC[C@]21OC(=O)N(CC(=O)N(Cc2ccc(F)cc2)C2CN(C(=O)O)C2)C1=O. The van der Waals surface area contributed by atoms with Gasteiger partial charge in [-0.1, -0.05) is 18.2 Å². The van der Waals surface area contributed by atoms with Crippen LogP contribution in [0.5, 0.6) is 0 Å². The lowest BCUT2D eigenvalue weighted by molar-refractivity contribution is -0.144. The number of hydrogen-bond acceptors (Lipinski definition) is 6. The molecule has 2 heterocycles. The number of aryl methyl sites for hydroxylation is 1. The van der Waals surface area contributed by atoms with Gasteiger partial charge in [0.25, 0.3) is 5.91 Å². The Hall–Kier alpha value is -4.68. The minimum absolute atomic E-state index is 0.0450. The molecule has 1 spiro atoms. The summed E-state index contributed by atoms with van der Waals surface area (Å²) in [5.74, 6) is -1.67. The van der Waals surface area contributed by atoms with Crippen LogP contribution in [0.25, 0.3) is 0 Å². The molecule has 2 aromatic rings. The molecule has 0 unspecified atom stereocenters. The number of hydrogen-bond donors (Lipinski definition) is 3. The highest BCUT2D eigenvalue weighted by Gasteiger charge is 2.58. The Morgan fingerprint density at radius 2 is 1.87 bits per heavy atom. The molecule has 2 saturated heterocycles. The van der Waals surface area contributed by atoms with E-state index in [1.54, 1.807) is 18.2 Å². The van der Waals surface area contributed by atoms with Crippen molar-refractivity contribution in [1.29, 1.82) is 0 Å². The zero-order valence-electron chi connectivity index (χ0n) is 21.0. The minimum Gasteiger partial charge on any atom is -0.465 e. The maximum Gasteiger partial charge on any atom is 0.418 e. The highest BCUT2D eigenvalue weighted by Crippen LogP contribution is 2.46. The summed E-state index contributed by atoms with van der Waals surface area (Å²) in [7, 11) is 1.48. The molecule has 6 amide bonds. The number of fused-ring (bicyclic) bond motifs is 2. The summed E-state index contributed by atoms with van der Waals surface area (Å²) in [5.41, 5.74) is 0.797. The largest absolute Gasteiger partial charge is 0.465 e. The Bertz CT molecular complexity index is 1360. The summed E-state index contributed by atoms with van der Waals surface area (Å²) in [6, 6.07) is 9.58. The van der Waals surface area contributed by atoms with Crippen molar-refractivity contribution in [3.63, 3.8) is 0 Å². The van der Waals surface area contributed by atoms with E-state index in [1.165, 1.54) is 36.2 Å². The van der Waals surface area contributed by atoms with Crippen LogP contribution in [-0.2, 0) is 32.9 Å². The number of urea groups is 1. The van der Waals surface area contributed by atoms with Crippen molar-refractivity contribution in [2.75, 3.05) is 32.0 Å². The molecule has 2 aromatic carbocycles. The number of likely N-dealkylation sites (tertiary alicyclic amines) is 1. The number of nitrogens with zero attached hydrogens (tertiary/aromatic N) is 3. The summed E-state index contributed by atoms with van der Waals surface area (Å²) in [6.07, 6.45) is -1.45. The first-order chi connectivity index (χ1) is 18.6. The molecular weight excluding hydrogens is 513 g/mol. The van der Waals surface area contributed by atoms with Gasteiger partial charge in [0.15, 0.2) is 0 Å². The molecule has 39 heavy (non-hydrogen) atoms. The van der Waals surface area contributed by atoms with E-state index in [-0.39, 0.29) is 26.1 Å². The second kappa shape index (κ2) is 9.89. The van der Waals surface area contributed by atoms with Gasteiger partial charge in [0.05, 0.1) is 6.04 Å². The van der Waals surface area contributed by atoms with Crippen LogP contribution in [0.4, 0.5) is 24.5 Å². The van der Waals surface area contributed by atoms with E-state index in [9.17, 15) is 33.5 Å². The van der Waals surface area contributed by atoms with Gasteiger partial charge in [-0.05, 0) is 41.8 Å². The average Bonchev–Trinajstić information content (AvgIpc) is 3.35. The van der Waals surface area contributed by atoms with Crippen molar-refractivity contribution in [2.45, 2.75) is 31.0 Å². The van der Waals surface area contributed by atoms with Crippen LogP contribution in [0.3, 0.4) is 0 Å². The molecule has 2 aliphatic heterocycles. The molecule has 0 saturated carbocycles. The molecule has 3 N–H and O–H groups in total. The summed E-state index contributed by atoms with van der Waals surface area (Å²) >= 11 is 0. The third-order valence-electron chi connectivity index (χ3n) is 7.30. The second-order valence-electron chi connectivity index (χ2n) is 9.65. The van der Waals surface area contributed by atoms with Gasteiger partial charge in [-0.25, -0.2) is 23.7 Å². The molecule has 5 rings (SSSR count). The van der Waals surface area contributed by atoms with E-state index in [0.717, 1.165) is 15.4 Å². The highest BCUT2D eigenvalue weighted by atomic mass is 19.1. The topological polar surface area (TPSA) is 149 Å². The van der Waals surface area contributed by atoms with E-state index < -0.39 is 54.0 Å². The number of imide groups is 1. The number of nitrogens with one attached hydrogen (secondary N) is 2. The number of anilines is 1. The molecule has 13 heteroatoms. The van der Waals surface area contributed by atoms with Gasteiger partial charge in [0, 0.05) is 44.4 Å². The van der Waals surface area contributed by atoms with Crippen molar-refractivity contribution in [3.05, 3.63) is 65.0 Å². The van der Waals surface area contributed by atoms with Crippen LogP contribution in [0, 0.1) is 5.82 Å². The highest BCUT2D eigenvalue weighted by molar-refractivity contribution is 6.06. The Balaban J connectivity index is 1.34. The Morgan fingerprint density at radius 3 is 2.54 bits per heavy atom. The normalized spacial score (nSPS) is 19.9. The van der Waals surface area contributed by atoms with Crippen LogP contribution in [0.15, 0.2) is 42.5 Å². The first-order valence-corrected chi connectivity index (χ1v) is 12.3. The van der Waals surface area contributed by atoms with Gasteiger partial charge in [-0.3, -0.25) is 9.59 Å². The van der Waals surface area contributed by atoms with Crippen molar-refractivity contribution in [1.82, 2.24) is 20.0 Å². The fourth-order valence-corrected chi connectivity index (χ4v) is 5.17. The fourth-order valence-electron chi connectivity index (χ4n) is 5.17. The number of carbonyl (C=O) groups is 5. The fraction of sp³-hybridized carbons (Fsp3) is 0.346. The van der Waals surface area contributed by atoms with Crippen LogP contribution < -0.4 is 10.6 Å². The maximum absolute atomic E-state index is 13.6. The molecule has 204 valence electrons. The molecule has 3 aliphatic rings. The van der Waals surface area contributed by atoms with Crippen LogP contribution >= 0.6 is 0 Å². The first kappa shape index (κ1) is 25.9. The van der Waals surface area contributed by atoms with Crippen LogP contribution in [-0.4, -0.2) is 82.6 Å². The smallest absolute Gasteiger partial charge is 0.418 e. The molecule has 0 aromatic heterocycles. The summed E-state index contributed by atoms with van der Waals surface area (Å²) in [4.78, 5) is 66.1. The van der Waals surface area contributed by atoms with Crippen molar-refractivity contribution in [2.24, 2.45) is 0 Å². The van der Waals surface area contributed by atoms with Gasteiger partial charge in [0.1, 0.15) is 12.4 Å². The van der Waals surface area contributed by atoms with E-state index in [1.807, 2.05) is 0 Å². The monoisotopic (exact) mass is 539 g/mol. The maximum atomic E-state index is 13.6. The summed E-state index contributed by atoms with van der Waals surface area (Å²) in [6.45, 7) is -0.395. The molecule has 0 radical (unpaired) electrons. The minimum atomic E-state index is -1.56. The van der Waals surface area contributed by atoms with E-state index in [2.05, 4.69) is 10.6 Å². The second-order valence-corrected chi connectivity index (χ2v) is 9.65. The van der Waals surface area contributed by atoms with Crippen LogP contribution in [0.1, 0.15) is 23.1 Å². The number of halogens is 1. The van der Waals surface area contributed by atoms with Gasteiger partial charge in [-0.15, -0.1) is 0 Å². The number of rotatable bonds is 6. The molecule has 12 nitrogen and oxygen atoms in total. The van der Waals surface area contributed by atoms with Gasteiger partial charge in [-0.2, -0.15) is 0 Å². The molecule has 2 fully saturated rings. The van der Waals surface area contributed by atoms with Crippen molar-refractivity contribution >= 4 is 35.7 Å². The number of amides is 6. The number of carboxylic acid groups (broad SMARTS) is 1. The molecule has 1 atom stereocenters. The molecule has 0 bridgehead atoms. The van der Waals surface area contributed by atoms with Gasteiger partial charge in [0.2, 0.25) is 11.5 Å².